The second kappa shape index (κ2) is 10.8. The lowest BCUT2D eigenvalue weighted by Gasteiger charge is -2.36. The van der Waals surface area contributed by atoms with Crippen LogP contribution in [0.2, 0.25) is 0 Å². The number of furan rings is 1. The molecule has 0 saturated carbocycles. The standard InChI is InChI=1S/C27H30N6O5S2/c1-16-31-33-12-20(29-26(33)40-16)23-11-19-21(9-18(35-4)10-22(19)38-23)37-14-17-15-39-25(28-17)27(5-7-36-8-6-27)30-24(34)13-32(2)3/h9-12,15H,5-8,13-14H2,1-4H3,(H,30,34). The number of amides is 1. The fourth-order valence-corrected chi connectivity index (χ4v) is 6.56. The minimum atomic E-state index is -0.539. The molecule has 1 aromatic carbocycles. The van der Waals surface area contributed by atoms with Crippen molar-refractivity contribution in [2.45, 2.75) is 31.9 Å². The molecule has 11 nitrogen and oxygen atoms in total. The van der Waals surface area contributed by atoms with Crippen LogP contribution in [0.4, 0.5) is 0 Å². The van der Waals surface area contributed by atoms with Crippen molar-refractivity contribution in [2.75, 3.05) is 41.0 Å². The Labute approximate surface area is 238 Å². The Morgan fingerprint density at radius 3 is 2.80 bits per heavy atom. The third-order valence-electron chi connectivity index (χ3n) is 6.73. The van der Waals surface area contributed by atoms with Gasteiger partial charge in [0.25, 0.3) is 0 Å². The highest BCUT2D eigenvalue weighted by Gasteiger charge is 2.38. The SMILES string of the molecule is COc1cc(OCc2csc(C3(NC(=O)CN(C)C)CCOCC3)n2)c2cc(-c3cn4nc(C)sc4n3)oc2c1. The first-order chi connectivity index (χ1) is 19.3. The number of rotatable bonds is 9. The second-order valence-electron chi connectivity index (χ2n) is 10.0. The summed E-state index contributed by atoms with van der Waals surface area (Å²) >= 11 is 3.06. The van der Waals surface area contributed by atoms with Gasteiger partial charge in [-0.15, -0.1) is 11.3 Å². The topological polar surface area (TPSA) is 116 Å². The fraction of sp³-hybridized carbons (Fsp3) is 0.407. The Bertz CT molecular complexity index is 1630. The Balaban J connectivity index is 1.24. The molecule has 1 saturated heterocycles. The molecule has 0 spiro atoms. The molecule has 1 fully saturated rings. The van der Waals surface area contributed by atoms with Gasteiger partial charge >= 0.3 is 0 Å². The van der Waals surface area contributed by atoms with Gasteiger partial charge in [-0.2, -0.15) is 5.10 Å². The summed E-state index contributed by atoms with van der Waals surface area (Å²) in [5, 5.41) is 12.3. The quantitative estimate of drug-likeness (QED) is 0.272. The monoisotopic (exact) mass is 582 g/mol. The maximum Gasteiger partial charge on any atom is 0.234 e. The normalized spacial score (nSPS) is 15.2. The lowest BCUT2D eigenvalue weighted by molar-refractivity contribution is -0.125. The van der Waals surface area contributed by atoms with Gasteiger partial charge in [-0.1, -0.05) is 11.3 Å². The molecule has 5 aromatic rings. The molecule has 0 bridgehead atoms. The lowest BCUT2D eigenvalue weighted by Crippen LogP contribution is -2.51. The number of nitrogens with zero attached hydrogens (tertiary/aromatic N) is 5. The summed E-state index contributed by atoms with van der Waals surface area (Å²) in [7, 11) is 5.37. The van der Waals surface area contributed by atoms with Gasteiger partial charge in [0.2, 0.25) is 10.9 Å². The minimum absolute atomic E-state index is 0.0297. The van der Waals surface area contributed by atoms with Crippen molar-refractivity contribution in [3.05, 3.63) is 45.5 Å². The smallest absolute Gasteiger partial charge is 0.234 e. The van der Waals surface area contributed by atoms with Gasteiger partial charge in [0.05, 0.1) is 36.5 Å². The number of imidazole rings is 1. The molecule has 0 unspecified atom stereocenters. The van der Waals surface area contributed by atoms with Gasteiger partial charge in [0, 0.05) is 43.6 Å². The van der Waals surface area contributed by atoms with E-state index >= 15 is 0 Å². The number of methoxy groups -OCH3 is 1. The molecule has 1 aliphatic heterocycles. The summed E-state index contributed by atoms with van der Waals surface area (Å²) in [6, 6.07) is 5.60. The number of hydrogen-bond acceptors (Lipinski definition) is 11. The lowest BCUT2D eigenvalue weighted by atomic mass is 9.90. The first-order valence-corrected chi connectivity index (χ1v) is 14.6. The summed E-state index contributed by atoms with van der Waals surface area (Å²) in [4.78, 5) is 24.9. The summed E-state index contributed by atoms with van der Waals surface area (Å²) in [6.07, 6.45) is 3.21. The fourth-order valence-electron chi connectivity index (χ4n) is 4.82. The molecule has 1 N–H and O–H groups in total. The van der Waals surface area contributed by atoms with E-state index in [1.165, 1.54) is 22.7 Å². The highest BCUT2D eigenvalue weighted by atomic mass is 32.1. The van der Waals surface area contributed by atoms with E-state index in [1.54, 1.807) is 11.6 Å². The number of fused-ring (bicyclic) bond motifs is 2. The Hall–Kier alpha value is -3.52. The molecule has 0 radical (unpaired) electrons. The van der Waals surface area contributed by atoms with Crippen molar-refractivity contribution in [3.8, 4) is 23.0 Å². The summed E-state index contributed by atoms with van der Waals surface area (Å²) in [5.41, 5.74) is 1.57. The van der Waals surface area contributed by atoms with Gasteiger partial charge in [0.15, 0.2) is 5.76 Å². The van der Waals surface area contributed by atoms with Crippen molar-refractivity contribution in [3.63, 3.8) is 0 Å². The first kappa shape index (κ1) is 26.7. The molecule has 0 aliphatic carbocycles. The maximum absolute atomic E-state index is 12.7. The molecule has 1 amide bonds. The minimum Gasteiger partial charge on any atom is -0.496 e. The average Bonchev–Trinajstić information content (AvgIpc) is 3.70. The summed E-state index contributed by atoms with van der Waals surface area (Å²) < 4.78 is 25.3. The third-order valence-corrected chi connectivity index (χ3v) is 8.66. The van der Waals surface area contributed by atoms with E-state index in [2.05, 4.69) is 15.4 Å². The molecule has 40 heavy (non-hydrogen) atoms. The van der Waals surface area contributed by atoms with Crippen LogP contribution in [0.1, 0.15) is 28.6 Å². The molecular formula is C27H30N6O5S2. The van der Waals surface area contributed by atoms with E-state index in [4.69, 9.17) is 23.6 Å². The number of hydrogen-bond donors (Lipinski definition) is 1. The molecule has 210 valence electrons. The maximum atomic E-state index is 12.7. The van der Waals surface area contributed by atoms with Crippen LogP contribution < -0.4 is 14.8 Å². The van der Waals surface area contributed by atoms with Crippen molar-refractivity contribution in [1.82, 2.24) is 29.8 Å². The van der Waals surface area contributed by atoms with Crippen LogP contribution in [0, 0.1) is 6.92 Å². The predicted molar refractivity (Wildman–Crippen MR) is 152 cm³/mol. The van der Waals surface area contributed by atoms with Gasteiger partial charge in [-0.25, -0.2) is 14.5 Å². The second-order valence-corrected chi connectivity index (χ2v) is 12.1. The van der Waals surface area contributed by atoms with Crippen molar-refractivity contribution < 1.29 is 23.4 Å². The highest BCUT2D eigenvalue weighted by molar-refractivity contribution is 7.16. The Morgan fingerprint density at radius 2 is 2.05 bits per heavy atom. The van der Waals surface area contributed by atoms with E-state index in [1.807, 2.05) is 55.7 Å². The van der Waals surface area contributed by atoms with E-state index in [-0.39, 0.29) is 12.5 Å². The number of aromatic nitrogens is 4. The highest BCUT2D eigenvalue weighted by Crippen LogP contribution is 2.38. The first-order valence-electron chi connectivity index (χ1n) is 12.9. The molecule has 1 aliphatic rings. The van der Waals surface area contributed by atoms with Crippen LogP contribution in [0.15, 0.2) is 34.2 Å². The molecule has 4 aromatic heterocycles. The molecule has 6 rings (SSSR count). The number of ether oxygens (including phenoxy) is 3. The number of benzene rings is 1. The van der Waals surface area contributed by atoms with Crippen molar-refractivity contribution in [1.29, 1.82) is 0 Å². The molecule has 13 heteroatoms. The van der Waals surface area contributed by atoms with Gasteiger partial charge < -0.3 is 28.8 Å². The number of nitrogens with one attached hydrogen (secondary N) is 1. The van der Waals surface area contributed by atoms with Crippen LogP contribution in [0.25, 0.3) is 27.4 Å². The largest absolute Gasteiger partial charge is 0.496 e. The Morgan fingerprint density at radius 1 is 1.23 bits per heavy atom. The van der Waals surface area contributed by atoms with Gasteiger partial charge in [0.1, 0.15) is 39.4 Å². The number of likely N-dealkylation sites (N-methyl/N-ethyl adjacent to an activating group) is 1. The summed E-state index contributed by atoms with van der Waals surface area (Å²) in [6.45, 7) is 3.66. The Kier molecular flexibility index (Phi) is 7.21. The van der Waals surface area contributed by atoms with Crippen LogP contribution >= 0.6 is 22.7 Å². The average molecular weight is 583 g/mol. The van der Waals surface area contributed by atoms with E-state index in [9.17, 15) is 4.79 Å². The van der Waals surface area contributed by atoms with E-state index < -0.39 is 5.54 Å². The van der Waals surface area contributed by atoms with Crippen molar-refractivity contribution >= 4 is 44.5 Å². The number of thiazole rings is 1. The van der Waals surface area contributed by atoms with E-state index in [0.29, 0.717) is 61.1 Å². The van der Waals surface area contributed by atoms with Crippen LogP contribution in [0.5, 0.6) is 11.5 Å². The molecular weight excluding hydrogens is 552 g/mol. The zero-order chi connectivity index (χ0) is 27.9. The summed E-state index contributed by atoms with van der Waals surface area (Å²) in [5.74, 6) is 1.83. The number of aryl methyl sites for hydroxylation is 1. The number of carbonyl (C=O) groups is 1. The van der Waals surface area contributed by atoms with Crippen LogP contribution in [-0.4, -0.2) is 71.4 Å². The van der Waals surface area contributed by atoms with Gasteiger partial charge in [-0.3, -0.25) is 4.79 Å². The molecule has 5 heterocycles. The molecule has 0 atom stereocenters. The zero-order valence-electron chi connectivity index (χ0n) is 22.7. The van der Waals surface area contributed by atoms with Gasteiger partial charge in [-0.05, 0) is 27.1 Å². The van der Waals surface area contributed by atoms with Crippen LogP contribution in [-0.2, 0) is 21.7 Å². The van der Waals surface area contributed by atoms with Crippen molar-refractivity contribution in [2.24, 2.45) is 0 Å². The third kappa shape index (κ3) is 5.29. The van der Waals surface area contributed by atoms with Crippen LogP contribution in [0.3, 0.4) is 0 Å². The predicted octanol–water partition coefficient (Wildman–Crippen LogP) is 4.24. The zero-order valence-corrected chi connectivity index (χ0v) is 24.4. The van der Waals surface area contributed by atoms with E-state index in [0.717, 1.165) is 26.1 Å². The number of carbonyl (C=O) groups excluding carboxylic acids is 1.